The second kappa shape index (κ2) is 5.54. The number of rotatable bonds is 2. The third-order valence-electron chi connectivity index (χ3n) is 3.91. The summed E-state index contributed by atoms with van der Waals surface area (Å²) in [6.07, 6.45) is 7.05. The molecule has 1 aromatic rings. The molecule has 1 aliphatic carbocycles. The Bertz CT molecular complexity index is 302. The van der Waals surface area contributed by atoms with Crippen LogP contribution < -0.4 is 4.48 Å². The lowest BCUT2D eigenvalue weighted by Crippen LogP contribution is -2.50. The van der Waals surface area contributed by atoms with Crippen molar-refractivity contribution in [3.05, 3.63) is 30.3 Å². The van der Waals surface area contributed by atoms with Crippen LogP contribution in [0, 0.1) is 0 Å². The van der Waals surface area contributed by atoms with Gasteiger partial charge in [-0.15, -0.1) is 0 Å². The average Bonchev–Trinajstić information content (AvgIpc) is 2.31. The number of hydrogen-bond donors (Lipinski definition) is 0. The standard InChI is InChI=1S/C14H22N.BH3/c1-15(2,13-9-5-3-6-10-13)14-11-7-4-8-12-14;/h3,5-6,9-10,14H,4,7-8,11-12H2,1-2H3;1H3/q+1;. The molecule has 0 aliphatic heterocycles. The minimum Gasteiger partial charge on any atom is -0.294 e. The first-order valence-electron chi connectivity index (χ1n) is 6.10. The fraction of sp³-hybridized carbons (Fsp3) is 0.571. The Morgan fingerprint density at radius 1 is 0.938 bits per heavy atom. The summed E-state index contributed by atoms with van der Waals surface area (Å²) < 4.78 is 1.06. The van der Waals surface area contributed by atoms with Crippen LogP contribution in [-0.2, 0) is 0 Å². The van der Waals surface area contributed by atoms with Crippen molar-refractivity contribution < 1.29 is 0 Å². The van der Waals surface area contributed by atoms with Crippen molar-refractivity contribution in [2.75, 3.05) is 14.1 Å². The third kappa shape index (κ3) is 2.68. The maximum absolute atomic E-state index is 2.35. The Kier molecular flexibility index (Phi) is 4.61. The fourth-order valence-electron chi connectivity index (χ4n) is 2.75. The number of hydrogen-bond acceptors (Lipinski definition) is 0. The predicted molar refractivity (Wildman–Crippen MR) is 76.9 cm³/mol. The van der Waals surface area contributed by atoms with E-state index >= 15 is 0 Å². The van der Waals surface area contributed by atoms with Crippen molar-refractivity contribution in [3.63, 3.8) is 0 Å². The van der Waals surface area contributed by atoms with Gasteiger partial charge >= 0.3 is 0 Å². The molecule has 0 radical (unpaired) electrons. The van der Waals surface area contributed by atoms with Crippen LogP contribution in [0.4, 0.5) is 5.69 Å². The molecule has 0 spiro atoms. The zero-order valence-corrected chi connectivity index (χ0v) is 9.95. The minimum atomic E-state index is 0. The van der Waals surface area contributed by atoms with Crippen molar-refractivity contribution in [2.24, 2.45) is 0 Å². The van der Waals surface area contributed by atoms with Gasteiger partial charge in [-0.3, -0.25) is 4.48 Å². The van der Waals surface area contributed by atoms with Crippen molar-refractivity contribution in [1.29, 1.82) is 0 Å². The summed E-state index contributed by atoms with van der Waals surface area (Å²) in [6.45, 7) is 0. The summed E-state index contributed by atoms with van der Waals surface area (Å²) in [4.78, 5) is 0. The Morgan fingerprint density at radius 3 is 2.06 bits per heavy atom. The van der Waals surface area contributed by atoms with Crippen LogP contribution in [0.15, 0.2) is 30.3 Å². The zero-order chi connectivity index (χ0) is 10.7. The number of nitrogens with zero attached hydrogens (tertiary/aromatic N) is 1. The van der Waals surface area contributed by atoms with Gasteiger partial charge in [-0.05, 0) is 37.8 Å². The smallest absolute Gasteiger partial charge is 0.132 e. The Balaban J connectivity index is 0.00000128. The normalized spacial score (nSPS) is 17.9. The van der Waals surface area contributed by atoms with Crippen LogP contribution in [0.2, 0.25) is 0 Å². The molecule has 0 aromatic heterocycles. The Hall–Kier alpha value is -0.755. The second-order valence-corrected chi connectivity index (χ2v) is 5.17. The molecular formula is C14H25BN+. The van der Waals surface area contributed by atoms with Crippen LogP contribution >= 0.6 is 0 Å². The van der Waals surface area contributed by atoms with Crippen LogP contribution in [0.5, 0.6) is 0 Å². The van der Waals surface area contributed by atoms with Gasteiger partial charge in [0.05, 0.1) is 28.6 Å². The first-order valence-corrected chi connectivity index (χ1v) is 6.10. The van der Waals surface area contributed by atoms with E-state index < -0.39 is 0 Å². The average molecular weight is 218 g/mol. The van der Waals surface area contributed by atoms with Crippen LogP contribution in [-0.4, -0.2) is 28.6 Å². The van der Waals surface area contributed by atoms with Gasteiger partial charge in [0.15, 0.2) is 0 Å². The molecule has 2 heteroatoms. The van der Waals surface area contributed by atoms with E-state index in [1.807, 2.05) is 0 Å². The van der Waals surface area contributed by atoms with Crippen LogP contribution in [0.1, 0.15) is 32.1 Å². The van der Waals surface area contributed by atoms with E-state index in [9.17, 15) is 0 Å². The molecule has 0 atom stereocenters. The van der Waals surface area contributed by atoms with Crippen molar-refractivity contribution in [1.82, 2.24) is 4.48 Å². The molecule has 1 aromatic carbocycles. The quantitative estimate of drug-likeness (QED) is 0.528. The summed E-state index contributed by atoms with van der Waals surface area (Å²) in [5.41, 5.74) is 1.45. The lowest BCUT2D eigenvalue weighted by atomic mass is 9.92. The largest absolute Gasteiger partial charge is 0.294 e. The molecular weight excluding hydrogens is 193 g/mol. The van der Waals surface area contributed by atoms with Gasteiger partial charge in [-0.2, -0.15) is 0 Å². The molecule has 0 unspecified atom stereocenters. The SMILES string of the molecule is B.C[N+](C)(c1ccccc1)C1CCCCC1. The van der Waals surface area contributed by atoms with E-state index in [0.29, 0.717) is 0 Å². The van der Waals surface area contributed by atoms with E-state index in [2.05, 4.69) is 44.4 Å². The highest BCUT2D eigenvalue weighted by atomic mass is 15.3. The Morgan fingerprint density at radius 2 is 1.50 bits per heavy atom. The van der Waals surface area contributed by atoms with Crippen LogP contribution in [0.3, 0.4) is 0 Å². The predicted octanol–water partition coefficient (Wildman–Crippen LogP) is 2.40. The van der Waals surface area contributed by atoms with Crippen molar-refractivity contribution in [2.45, 2.75) is 38.1 Å². The summed E-state index contributed by atoms with van der Waals surface area (Å²) in [7, 11) is 4.70. The molecule has 1 nitrogen and oxygen atoms in total. The fourth-order valence-corrected chi connectivity index (χ4v) is 2.75. The second-order valence-electron chi connectivity index (χ2n) is 5.17. The lowest BCUT2D eigenvalue weighted by molar-refractivity contribution is 0.229. The highest BCUT2D eigenvalue weighted by Crippen LogP contribution is 2.30. The summed E-state index contributed by atoms with van der Waals surface area (Å²) >= 11 is 0. The van der Waals surface area contributed by atoms with Gasteiger partial charge in [0.2, 0.25) is 0 Å². The topological polar surface area (TPSA) is 0 Å². The van der Waals surface area contributed by atoms with E-state index in [0.717, 1.165) is 10.5 Å². The number of benzene rings is 1. The zero-order valence-electron chi connectivity index (χ0n) is 9.95. The monoisotopic (exact) mass is 218 g/mol. The molecule has 0 heterocycles. The molecule has 1 saturated carbocycles. The number of quaternary nitrogens is 1. The first kappa shape index (κ1) is 13.3. The van der Waals surface area contributed by atoms with E-state index in [4.69, 9.17) is 0 Å². The van der Waals surface area contributed by atoms with Gasteiger partial charge in [-0.25, -0.2) is 0 Å². The van der Waals surface area contributed by atoms with E-state index in [-0.39, 0.29) is 8.41 Å². The maximum Gasteiger partial charge on any atom is 0.132 e. The third-order valence-corrected chi connectivity index (χ3v) is 3.91. The molecule has 0 bridgehead atoms. The molecule has 0 saturated heterocycles. The van der Waals surface area contributed by atoms with Crippen molar-refractivity contribution in [3.8, 4) is 0 Å². The van der Waals surface area contributed by atoms with E-state index in [1.165, 1.54) is 37.8 Å². The highest BCUT2D eigenvalue weighted by molar-refractivity contribution is 5.75. The molecule has 88 valence electrons. The maximum atomic E-state index is 2.35. The lowest BCUT2D eigenvalue weighted by Gasteiger charge is -2.39. The Labute approximate surface area is 102 Å². The van der Waals surface area contributed by atoms with Gasteiger partial charge in [0.25, 0.3) is 0 Å². The van der Waals surface area contributed by atoms with Gasteiger partial charge in [0, 0.05) is 0 Å². The van der Waals surface area contributed by atoms with Crippen LogP contribution in [0.25, 0.3) is 0 Å². The molecule has 2 rings (SSSR count). The minimum absolute atomic E-state index is 0. The summed E-state index contributed by atoms with van der Waals surface area (Å²) in [5, 5.41) is 0. The van der Waals surface area contributed by atoms with Gasteiger partial charge in [0.1, 0.15) is 5.69 Å². The summed E-state index contributed by atoms with van der Waals surface area (Å²) in [5.74, 6) is 0. The highest BCUT2D eigenvalue weighted by Gasteiger charge is 2.31. The molecule has 0 amide bonds. The van der Waals surface area contributed by atoms with Gasteiger partial charge in [-0.1, -0.05) is 24.6 Å². The van der Waals surface area contributed by atoms with E-state index in [1.54, 1.807) is 0 Å². The first-order chi connectivity index (χ1) is 7.21. The van der Waals surface area contributed by atoms with Gasteiger partial charge < -0.3 is 0 Å². The molecule has 1 fully saturated rings. The molecule has 0 N–H and O–H groups in total. The van der Waals surface area contributed by atoms with Crippen molar-refractivity contribution >= 4 is 14.1 Å². The molecule has 1 aliphatic rings. The number of para-hydroxylation sites is 1. The molecule has 16 heavy (non-hydrogen) atoms. The summed E-state index contributed by atoms with van der Waals surface area (Å²) in [6, 6.07) is 11.7.